The van der Waals surface area contributed by atoms with Crippen LogP contribution in [0.15, 0.2) is 24.3 Å². The van der Waals surface area contributed by atoms with Crippen LogP contribution in [0.4, 0.5) is 0 Å². The molecule has 0 aromatic heterocycles. The van der Waals surface area contributed by atoms with Gasteiger partial charge in [-0.15, -0.1) is 0 Å². The molecule has 0 bridgehead atoms. The van der Waals surface area contributed by atoms with E-state index < -0.39 is 41.9 Å². The normalized spacial score (nSPS) is 29.5. The zero-order chi connectivity index (χ0) is 18.8. The van der Waals surface area contributed by atoms with E-state index in [0.717, 1.165) is 13.2 Å². The maximum Gasteiger partial charge on any atom is 0.337 e. The summed E-state index contributed by atoms with van der Waals surface area (Å²) >= 11 is 0. The molecule has 0 saturated heterocycles. The van der Waals surface area contributed by atoms with E-state index in [4.69, 9.17) is 0 Å². The van der Waals surface area contributed by atoms with E-state index in [0.29, 0.717) is 5.56 Å². The monoisotopic (exact) mass is 352 g/mol. The van der Waals surface area contributed by atoms with Crippen LogP contribution in [0.5, 0.6) is 11.5 Å². The van der Waals surface area contributed by atoms with E-state index in [1.807, 2.05) is 0 Å². The highest BCUT2D eigenvalue weighted by atomic mass is 16.5. The van der Waals surface area contributed by atoms with Crippen molar-refractivity contribution >= 4 is 17.8 Å². The molecule has 0 radical (unpaired) electrons. The van der Waals surface area contributed by atoms with Crippen LogP contribution in [0.25, 0.3) is 6.08 Å². The summed E-state index contributed by atoms with van der Waals surface area (Å²) < 4.78 is 4.50. The van der Waals surface area contributed by atoms with Gasteiger partial charge in [-0.2, -0.15) is 0 Å². The maximum atomic E-state index is 12.3. The Balaban J connectivity index is 2.19. The van der Waals surface area contributed by atoms with E-state index in [1.54, 1.807) is 0 Å². The largest absolute Gasteiger partial charge is 0.504 e. The van der Waals surface area contributed by atoms with Gasteiger partial charge in [-0.25, -0.2) is 4.79 Å². The first-order valence-electron chi connectivity index (χ1n) is 7.59. The number of methoxy groups -OCH3 is 1. The quantitative estimate of drug-likeness (QED) is 0.283. The molecule has 2 rings (SSSR count). The predicted molar refractivity (Wildman–Crippen MR) is 85.5 cm³/mol. The van der Waals surface area contributed by atoms with E-state index >= 15 is 0 Å². The van der Waals surface area contributed by atoms with Crippen LogP contribution >= 0.6 is 0 Å². The molecule has 1 aliphatic carbocycles. The number of benzene rings is 1. The van der Waals surface area contributed by atoms with Crippen LogP contribution in [0.3, 0.4) is 0 Å². The van der Waals surface area contributed by atoms with E-state index in [2.05, 4.69) is 4.74 Å². The fraction of sp³-hybridized carbons (Fsp3) is 0.412. The Hall–Kier alpha value is -2.42. The molecule has 0 aliphatic heterocycles. The number of carbonyl (C=O) groups is 2. The summed E-state index contributed by atoms with van der Waals surface area (Å²) in [6.07, 6.45) is -1.27. The number of allylic oxidation sites excluding steroid dienone is 1. The lowest BCUT2D eigenvalue weighted by Gasteiger charge is -2.39. The predicted octanol–water partition coefficient (Wildman–Crippen LogP) is -0.284. The minimum atomic E-state index is -2.06. The standard InChI is InChI=1S/C17H20O8/c1-25-16(23)17(24)7-10(15(22)14(21)8-17)11(18)4-2-9-3-5-12(19)13(20)6-9/h2-6,10,14-15,19-22,24H,7-8H2,1H3/b4-2+/t10-,14+,15-,17+/m1/s1. The molecule has 4 atom stereocenters. The molecule has 136 valence electrons. The first-order chi connectivity index (χ1) is 11.7. The molecule has 0 unspecified atom stereocenters. The van der Waals surface area contributed by atoms with Crippen LogP contribution in [0.2, 0.25) is 0 Å². The summed E-state index contributed by atoms with van der Waals surface area (Å²) in [6.45, 7) is 0. The van der Waals surface area contributed by atoms with Gasteiger partial charge in [0.1, 0.15) is 0 Å². The topological polar surface area (TPSA) is 145 Å². The van der Waals surface area contributed by atoms with Crippen LogP contribution in [-0.4, -0.2) is 62.2 Å². The van der Waals surface area contributed by atoms with Gasteiger partial charge in [0, 0.05) is 6.42 Å². The van der Waals surface area contributed by atoms with Gasteiger partial charge >= 0.3 is 5.97 Å². The molecule has 1 aromatic carbocycles. The van der Waals surface area contributed by atoms with Crippen LogP contribution in [0.1, 0.15) is 18.4 Å². The molecular formula is C17H20O8. The average molecular weight is 352 g/mol. The van der Waals surface area contributed by atoms with E-state index in [9.17, 15) is 35.1 Å². The molecule has 5 N–H and O–H groups in total. The van der Waals surface area contributed by atoms with Gasteiger partial charge in [-0.1, -0.05) is 12.1 Å². The molecule has 25 heavy (non-hydrogen) atoms. The first kappa shape index (κ1) is 18.9. The van der Waals surface area contributed by atoms with Crippen molar-refractivity contribution in [3.63, 3.8) is 0 Å². The average Bonchev–Trinajstić information content (AvgIpc) is 2.58. The third kappa shape index (κ3) is 3.98. The highest BCUT2D eigenvalue weighted by Gasteiger charge is 2.51. The molecule has 8 heteroatoms. The third-order valence-electron chi connectivity index (χ3n) is 4.28. The molecule has 8 nitrogen and oxygen atoms in total. The number of phenolic OH excluding ortho intramolecular Hbond substituents is 2. The second kappa shape index (κ2) is 7.22. The molecular weight excluding hydrogens is 332 g/mol. The lowest BCUT2D eigenvalue weighted by atomic mass is 9.73. The second-order valence-corrected chi connectivity index (χ2v) is 6.08. The zero-order valence-corrected chi connectivity index (χ0v) is 13.5. The summed E-state index contributed by atoms with van der Waals surface area (Å²) in [5, 5.41) is 48.9. The number of hydrogen-bond acceptors (Lipinski definition) is 8. The van der Waals surface area contributed by atoms with Crippen LogP contribution < -0.4 is 0 Å². The Bertz CT molecular complexity index is 698. The molecule has 0 heterocycles. The Morgan fingerprint density at radius 3 is 2.48 bits per heavy atom. The molecule has 1 fully saturated rings. The Kier molecular flexibility index (Phi) is 5.46. The minimum Gasteiger partial charge on any atom is -0.504 e. The first-order valence-corrected chi connectivity index (χ1v) is 7.59. The number of esters is 1. The number of carbonyl (C=O) groups excluding carboxylic acids is 2. The van der Waals surface area contributed by atoms with Crippen molar-refractivity contribution in [3.05, 3.63) is 29.8 Å². The fourth-order valence-corrected chi connectivity index (χ4v) is 2.87. The maximum absolute atomic E-state index is 12.3. The number of aliphatic hydroxyl groups is 3. The number of phenols is 2. The molecule has 0 spiro atoms. The van der Waals surface area contributed by atoms with Crippen molar-refractivity contribution in [3.8, 4) is 11.5 Å². The lowest BCUT2D eigenvalue weighted by molar-refractivity contribution is -0.182. The number of aromatic hydroxyl groups is 2. The zero-order valence-electron chi connectivity index (χ0n) is 13.5. The van der Waals surface area contributed by atoms with Crippen molar-refractivity contribution in [1.82, 2.24) is 0 Å². The number of aliphatic hydroxyl groups excluding tert-OH is 2. The second-order valence-electron chi connectivity index (χ2n) is 6.08. The lowest BCUT2D eigenvalue weighted by Crippen LogP contribution is -2.55. The summed E-state index contributed by atoms with van der Waals surface area (Å²) in [6, 6.07) is 3.93. The van der Waals surface area contributed by atoms with Crippen molar-refractivity contribution < 1.29 is 39.9 Å². The van der Waals surface area contributed by atoms with Gasteiger partial charge in [0.15, 0.2) is 22.9 Å². The molecule has 0 amide bonds. The number of ketones is 1. The number of rotatable bonds is 4. The van der Waals surface area contributed by atoms with E-state index in [-0.39, 0.29) is 17.9 Å². The van der Waals surface area contributed by atoms with Crippen LogP contribution in [0, 0.1) is 5.92 Å². The van der Waals surface area contributed by atoms with Crippen molar-refractivity contribution in [2.75, 3.05) is 7.11 Å². The van der Waals surface area contributed by atoms with Crippen molar-refractivity contribution in [2.24, 2.45) is 5.92 Å². The van der Waals surface area contributed by atoms with Gasteiger partial charge in [0.25, 0.3) is 0 Å². The van der Waals surface area contributed by atoms with Gasteiger partial charge < -0.3 is 30.3 Å². The molecule has 1 aliphatic rings. The summed E-state index contributed by atoms with van der Waals surface area (Å²) in [5.74, 6) is -3.46. The molecule has 1 aromatic rings. The van der Waals surface area contributed by atoms with E-state index in [1.165, 1.54) is 24.3 Å². The van der Waals surface area contributed by atoms with Crippen molar-refractivity contribution in [1.29, 1.82) is 0 Å². The number of hydrogen-bond donors (Lipinski definition) is 5. The van der Waals surface area contributed by atoms with Crippen LogP contribution in [-0.2, 0) is 14.3 Å². The smallest absolute Gasteiger partial charge is 0.337 e. The third-order valence-corrected chi connectivity index (χ3v) is 4.28. The highest BCUT2D eigenvalue weighted by Crippen LogP contribution is 2.35. The Labute approximate surface area is 143 Å². The Morgan fingerprint density at radius 1 is 1.20 bits per heavy atom. The summed E-state index contributed by atoms with van der Waals surface area (Å²) in [7, 11) is 1.08. The van der Waals surface area contributed by atoms with Gasteiger partial charge in [-0.3, -0.25) is 4.79 Å². The highest BCUT2D eigenvalue weighted by molar-refractivity contribution is 5.96. The SMILES string of the molecule is COC(=O)[C@]1(O)C[C@H](C(=O)/C=C/c2ccc(O)c(O)c2)[C@@H](O)[C@@H](O)C1. The summed E-state index contributed by atoms with van der Waals surface area (Å²) in [5.41, 5.74) is -1.64. The summed E-state index contributed by atoms with van der Waals surface area (Å²) in [4.78, 5) is 24.1. The van der Waals surface area contributed by atoms with Gasteiger partial charge in [-0.05, 0) is 30.2 Å². The Morgan fingerprint density at radius 2 is 1.88 bits per heavy atom. The van der Waals surface area contributed by atoms with Gasteiger partial charge in [0.05, 0.1) is 25.2 Å². The van der Waals surface area contributed by atoms with Crippen molar-refractivity contribution in [2.45, 2.75) is 30.7 Å². The van der Waals surface area contributed by atoms with Gasteiger partial charge in [0.2, 0.25) is 0 Å². The fourth-order valence-electron chi connectivity index (χ4n) is 2.87. The minimum absolute atomic E-state index is 0.308. The number of ether oxygens (including phenoxy) is 1. The molecule has 1 saturated carbocycles.